The van der Waals surface area contributed by atoms with E-state index in [0.717, 1.165) is 26.7 Å². The van der Waals surface area contributed by atoms with Crippen molar-refractivity contribution in [2.45, 2.75) is 26.8 Å². The standard InChI is InChI=1S/C17H18BrNO/c1-11-4-5-12(2)16(10-11)17(20)19-13(3)14-6-8-15(18)9-7-14/h4-10,13H,1-3H3,(H,19,20). The summed E-state index contributed by atoms with van der Waals surface area (Å²) in [5, 5.41) is 3.05. The second-order valence-electron chi connectivity index (χ2n) is 5.07. The predicted octanol–water partition coefficient (Wildman–Crippen LogP) is 4.56. The lowest BCUT2D eigenvalue weighted by molar-refractivity contribution is 0.0939. The van der Waals surface area contributed by atoms with E-state index >= 15 is 0 Å². The molecule has 0 aliphatic rings. The maximum atomic E-state index is 12.3. The van der Waals surface area contributed by atoms with E-state index in [1.54, 1.807) is 0 Å². The Morgan fingerprint density at radius 3 is 2.40 bits per heavy atom. The van der Waals surface area contributed by atoms with E-state index in [9.17, 15) is 4.79 Å². The molecule has 0 radical (unpaired) electrons. The van der Waals surface area contributed by atoms with Crippen molar-refractivity contribution < 1.29 is 4.79 Å². The van der Waals surface area contributed by atoms with Gasteiger partial charge in [-0.2, -0.15) is 0 Å². The highest BCUT2D eigenvalue weighted by Gasteiger charge is 2.13. The molecule has 1 amide bonds. The number of aryl methyl sites for hydroxylation is 2. The molecule has 0 aliphatic heterocycles. The molecule has 2 aromatic rings. The van der Waals surface area contributed by atoms with Crippen LogP contribution in [0.5, 0.6) is 0 Å². The first-order valence-electron chi connectivity index (χ1n) is 6.61. The highest BCUT2D eigenvalue weighted by atomic mass is 79.9. The third-order valence-corrected chi connectivity index (χ3v) is 3.88. The second-order valence-corrected chi connectivity index (χ2v) is 5.98. The van der Waals surface area contributed by atoms with E-state index in [1.807, 2.05) is 63.2 Å². The Morgan fingerprint density at radius 1 is 1.10 bits per heavy atom. The molecular formula is C17H18BrNO. The van der Waals surface area contributed by atoms with Crippen LogP contribution >= 0.6 is 15.9 Å². The monoisotopic (exact) mass is 331 g/mol. The number of hydrogen-bond acceptors (Lipinski definition) is 1. The van der Waals surface area contributed by atoms with Gasteiger partial charge in [-0.25, -0.2) is 0 Å². The SMILES string of the molecule is Cc1ccc(C)c(C(=O)NC(C)c2ccc(Br)cc2)c1. The van der Waals surface area contributed by atoms with Crippen LogP contribution in [-0.2, 0) is 0 Å². The van der Waals surface area contributed by atoms with Gasteiger partial charge in [-0.05, 0) is 50.1 Å². The minimum atomic E-state index is -0.0263. The topological polar surface area (TPSA) is 29.1 Å². The highest BCUT2D eigenvalue weighted by molar-refractivity contribution is 9.10. The summed E-state index contributed by atoms with van der Waals surface area (Å²) >= 11 is 3.41. The molecule has 0 bridgehead atoms. The van der Waals surface area contributed by atoms with Crippen LogP contribution in [0.3, 0.4) is 0 Å². The van der Waals surface area contributed by atoms with Gasteiger partial charge in [0.2, 0.25) is 0 Å². The van der Waals surface area contributed by atoms with Gasteiger partial charge in [0.1, 0.15) is 0 Å². The predicted molar refractivity (Wildman–Crippen MR) is 85.9 cm³/mol. The molecule has 0 heterocycles. The first kappa shape index (κ1) is 14.8. The van der Waals surface area contributed by atoms with E-state index in [2.05, 4.69) is 21.2 Å². The van der Waals surface area contributed by atoms with E-state index in [4.69, 9.17) is 0 Å². The van der Waals surface area contributed by atoms with Gasteiger partial charge in [0.25, 0.3) is 5.91 Å². The van der Waals surface area contributed by atoms with E-state index in [0.29, 0.717) is 0 Å². The van der Waals surface area contributed by atoms with Crippen molar-refractivity contribution in [1.82, 2.24) is 5.32 Å². The molecule has 1 N–H and O–H groups in total. The highest BCUT2D eigenvalue weighted by Crippen LogP contribution is 2.18. The van der Waals surface area contributed by atoms with Gasteiger partial charge in [-0.3, -0.25) is 4.79 Å². The average molecular weight is 332 g/mol. The summed E-state index contributed by atoms with van der Waals surface area (Å²) in [7, 11) is 0. The van der Waals surface area contributed by atoms with Crippen molar-refractivity contribution in [3.8, 4) is 0 Å². The fraction of sp³-hybridized carbons (Fsp3) is 0.235. The van der Waals surface area contributed by atoms with Gasteiger partial charge in [0.15, 0.2) is 0 Å². The first-order chi connectivity index (χ1) is 9.47. The Morgan fingerprint density at radius 2 is 1.75 bits per heavy atom. The van der Waals surface area contributed by atoms with Crippen LogP contribution in [0.1, 0.15) is 40.0 Å². The number of nitrogens with one attached hydrogen (secondary N) is 1. The fourth-order valence-electron chi connectivity index (χ4n) is 2.09. The lowest BCUT2D eigenvalue weighted by Crippen LogP contribution is -2.27. The molecule has 104 valence electrons. The number of benzene rings is 2. The van der Waals surface area contributed by atoms with Gasteiger partial charge in [-0.1, -0.05) is 45.8 Å². The minimum absolute atomic E-state index is 0.0180. The largest absolute Gasteiger partial charge is 0.346 e. The first-order valence-corrected chi connectivity index (χ1v) is 7.40. The number of carbonyl (C=O) groups excluding carboxylic acids is 1. The summed E-state index contributed by atoms with van der Waals surface area (Å²) in [6, 6.07) is 13.9. The maximum absolute atomic E-state index is 12.3. The number of carbonyl (C=O) groups is 1. The summed E-state index contributed by atoms with van der Waals surface area (Å²) < 4.78 is 1.04. The van der Waals surface area contributed by atoms with Crippen molar-refractivity contribution >= 4 is 21.8 Å². The summed E-state index contributed by atoms with van der Waals surface area (Å²) in [5.74, 6) is -0.0263. The Hall–Kier alpha value is -1.61. The molecule has 2 rings (SSSR count). The molecule has 1 atom stereocenters. The van der Waals surface area contributed by atoms with Gasteiger partial charge < -0.3 is 5.32 Å². The lowest BCUT2D eigenvalue weighted by Gasteiger charge is -2.16. The van der Waals surface area contributed by atoms with Crippen molar-refractivity contribution in [3.05, 3.63) is 69.2 Å². The van der Waals surface area contributed by atoms with Crippen LogP contribution in [0.15, 0.2) is 46.9 Å². The molecule has 0 aromatic heterocycles. The summed E-state index contributed by atoms with van der Waals surface area (Å²) in [6.07, 6.45) is 0. The molecule has 0 spiro atoms. The summed E-state index contributed by atoms with van der Waals surface area (Å²) in [5.41, 5.74) is 3.92. The second kappa shape index (κ2) is 6.23. The van der Waals surface area contributed by atoms with E-state index < -0.39 is 0 Å². The zero-order valence-electron chi connectivity index (χ0n) is 11.9. The molecule has 0 saturated heterocycles. The van der Waals surface area contributed by atoms with Gasteiger partial charge >= 0.3 is 0 Å². The molecule has 2 aromatic carbocycles. The van der Waals surface area contributed by atoms with Crippen molar-refractivity contribution in [1.29, 1.82) is 0 Å². The Bertz CT molecular complexity index is 619. The Labute approximate surface area is 128 Å². The number of halogens is 1. The van der Waals surface area contributed by atoms with E-state index in [-0.39, 0.29) is 11.9 Å². The molecule has 1 unspecified atom stereocenters. The van der Waals surface area contributed by atoms with Crippen LogP contribution < -0.4 is 5.32 Å². The van der Waals surface area contributed by atoms with Gasteiger partial charge in [0, 0.05) is 10.0 Å². The lowest BCUT2D eigenvalue weighted by atomic mass is 10.0. The van der Waals surface area contributed by atoms with Gasteiger partial charge in [-0.15, -0.1) is 0 Å². The summed E-state index contributed by atoms with van der Waals surface area (Å²) in [6.45, 7) is 5.94. The molecular weight excluding hydrogens is 314 g/mol. The quantitative estimate of drug-likeness (QED) is 0.877. The van der Waals surface area contributed by atoms with Crippen molar-refractivity contribution in [3.63, 3.8) is 0 Å². The molecule has 0 aliphatic carbocycles. The van der Waals surface area contributed by atoms with Crippen molar-refractivity contribution in [2.75, 3.05) is 0 Å². The molecule has 20 heavy (non-hydrogen) atoms. The fourth-order valence-corrected chi connectivity index (χ4v) is 2.35. The van der Waals surface area contributed by atoms with Crippen molar-refractivity contribution in [2.24, 2.45) is 0 Å². The third kappa shape index (κ3) is 3.48. The van der Waals surface area contributed by atoms with Crippen LogP contribution in [0.25, 0.3) is 0 Å². The normalized spacial score (nSPS) is 12.0. The average Bonchev–Trinajstić information content (AvgIpc) is 2.42. The number of rotatable bonds is 3. The number of hydrogen-bond donors (Lipinski definition) is 1. The summed E-state index contributed by atoms with van der Waals surface area (Å²) in [4.78, 5) is 12.3. The molecule has 0 fully saturated rings. The van der Waals surface area contributed by atoms with Gasteiger partial charge in [0.05, 0.1) is 6.04 Å². The van der Waals surface area contributed by atoms with Crippen LogP contribution in [0.2, 0.25) is 0 Å². The molecule has 0 saturated carbocycles. The van der Waals surface area contributed by atoms with Crippen LogP contribution in [0.4, 0.5) is 0 Å². The maximum Gasteiger partial charge on any atom is 0.252 e. The zero-order chi connectivity index (χ0) is 14.7. The number of amides is 1. The molecule has 3 heteroatoms. The Balaban J connectivity index is 2.15. The van der Waals surface area contributed by atoms with Crippen LogP contribution in [0, 0.1) is 13.8 Å². The zero-order valence-corrected chi connectivity index (χ0v) is 13.5. The van der Waals surface area contributed by atoms with Crippen LogP contribution in [-0.4, -0.2) is 5.91 Å². The van der Waals surface area contributed by atoms with E-state index in [1.165, 1.54) is 0 Å². The minimum Gasteiger partial charge on any atom is -0.346 e. The smallest absolute Gasteiger partial charge is 0.252 e. The third-order valence-electron chi connectivity index (χ3n) is 3.36. The Kier molecular flexibility index (Phi) is 4.61. The molecule has 2 nitrogen and oxygen atoms in total.